The van der Waals surface area contributed by atoms with Gasteiger partial charge in [-0.3, -0.25) is 5.10 Å². The number of hydrogen-bond acceptors (Lipinski definition) is 5. The van der Waals surface area contributed by atoms with Crippen LogP contribution in [0.5, 0.6) is 11.5 Å². The Labute approximate surface area is 109 Å². The van der Waals surface area contributed by atoms with E-state index in [-0.39, 0.29) is 0 Å². The summed E-state index contributed by atoms with van der Waals surface area (Å²) in [4.78, 5) is 8.45. The molecule has 0 fully saturated rings. The lowest BCUT2D eigenvalue weighted by atomic mass is 10.1. The number of fused-ring (bicyclic) bond motifs is 1. The number of aromatic nitrogens is 4. The molecule has 1 aromatic carbocycles. The van der Waals surface area contributed by atoms with Crippen molar-refractivity contribution in [3.05, 3.63) is 24.5 Å². The van der Waals surface area contributed by atoms with E-state index in [0.29, 0.717) is 28.8 Å². The lowest BCUT2D eigenvalue weighted by Crippen LogP contribution is -1.97. The highest BCUT2D eigenvalue weighted by Gasteiger charge is 2.18. The van der Waals surface area contributed by atoms with Crippen molar-refractivity contribution in [2.24, 2.45) is 0 Å². The number of para-hydroxylation sites is 1. The second kappa shape index (κ2) is 4.20. The van der Waals surface area contributed by atoms with Gasteiger partial charge in [-0.2, -0.15) is 0 Å². The maximum absolute atomic E-state index is 6.06. The van der Waals surface area contributed by atoms with Crippen LogP contribution in [0.1, 0.15) is 0 Å². The smallest absolute Gasteiger partial charge is 0.252 e. The molecular formula is C12H13N5O2. The minimum Gasteiger partial charge on any atom is -0.493 e. The fourth-order valence-corrected chi connectivity index (χ4v) is 2.05. The van der Waals surface area contributed by atoms with E-state index in [2.05, 4.69) is 15.1 Å². The summed E-state index contributed by atoms with van der Waals surface area (Å²) in [7, 11) is 3.17. The van der Waals surface area contributed by atoms with Gasteiger partial charge in [0.2, 0.25) is 0 Å². The van der Waals surface area contributed by atoms with E-state index in [4.69, 9.17) is 15.2 Å². The highest BCUT2D eigenvalue weighted by Crippen LogP contribution is 2.39. The van der Waals surface area contributed by atoms with E-state index in [1.165, 1.54) is 6.33 Å². The van der Waals surface area contributed by atoms with Crippen LogP contribution in [0.15, 0.2) is 24.5 Å². The SMILES string of the molecule is COc1cccc(-c2nc3nc[nH]n3c2N)c1OC. The summed E-state index contributed by atoms with van der Waals surface area (Å²) in [5.41, 5.74) is 7.43. The molecule has 19 heavy (non-hydrogen) atoms. The maximum atomic E-state index is 6.06. The summed E-state index contributed by atoms with van der Waals surface area (Å²) in [5.74, 6) is 2.21. The number of nitrogen functional groups attached to an aromatic ring is 1. The molecule has 2 aromatic heterocycles. The van der Waals surface area contributed by atoms with E-state index in [1.807, 2.05) is 18.2 Å². The van der Waals surface area contributed by atoms with Gasteiger partial charge in [0.05, 0.1) is 19.8 Å². The van der Waals surface area contributed by atoms with Gasteiger partial charge < -0.3 is 15.2 Å². The summed E-state index contributed by atoms with van der Waals surface area (Å²) in [6.07, 6.45) is 1.53. The molecule has 0 atom stereocenters. The van der Waals surface area contributed by atoms with Crippen molar-refractivity contribution < 1.29 is 9.47 Å². The van der Waals surface area contributed by atoms with Crippen LogP contribution in [0, 0.1) is 0 Å². The van der Waals surface area contributed by atoms with Crippen molar-refractivity contribution in [1.29, 1.82) is 0 Å². The Hall–Kier alpha value is -2.70. The van der Waals surface area contributed by atoms with Crippen molar-refractivity contribution in [2.45, 2.75) is 0 Å². The average molecular weight is 259 g/mol. The second-order valence-electron chi connectivity index (χ2n) is 3.91. The van der Waals surface area contributed by atoms with Crippen LogP contribution < -0.4 is 15.2 Å². The summed E-state index contributed by atoms with van der Waals surface area (Å²) in [5, 5.41) is 2.89. The van der Waals surface area contributed by atoms with Crippen LogP contribution in [0.3, 0.4) is 0 Å². The van der Waals surface area contributed by atoms with Crippen molar-refractivity contribution >= 4 is 11.6 Å². The number of anilines is 1. The molecular weight excluding hydrogens is 246 g/mol. The number of methoxy groups -OCH3 is 2. The number of nitrogens with two attached hydrogens (primary N) is 1. The third kappa shape index (κ3) is 1.59. The van der Waals surface area contributed by atoms with Gasteiger partial charge in [-0.05, 0) is 12.1 Å². The molecule has 0 unspecified atom stereocenters. The molecule has 7 nitrogen and oxygen atoms in total. The summed E-state index contributed by atoms with van der Waals surface area (Å²) in [6.45, 7) is 0. The van der Waals surface area contributed by atoms with Crippen LogP contribution in [-0.2, 0) is 0 Å². The number of nitrogens with zero attached hydrogens (tertiary/aromatic N) is 3. The van der Waals surface area contributed by atoms with Crippen molar-refractivity contribution in [3.63, 3.8) is 0 Å². The minimum absolute atomic E-state index is 0.471. The van der Waals surface area contributed by atoms with Crippen LogP contribution in [-0.4, -0.2) is 33.8 Å². The number of H-pyrrole nitrogens is 1. The van der Waals surface area contributed by atoms with Crippen LogP contribution in [0.2, 0.25) is 0 Å². The van der Waals surface area contributed by atoms with E-state index < -0.39 is 0 Å². The number of ether oxygens (including phenoxy) is 2. The first-order valence-electron chi connectivity index (χ1n) is 5.65. The van der Waals surface area contributed by atoms with Gasteiger partial charge in [-0.25, -0.2) is 14.5 Å². The van der Waals surface area contributed by atoms with Gasteiger partial charge >= 0.3 is 0 Å². The van der Waals surface area contributed by atoms with E-state index >= 15 is 0 Å². The standard InChI is InChI=1S/C12H13N5O2/c1-18-8-5-3-4-7(10(8)19-2)9-11(13)17-12(16-9)14-6-15-17/h3-6H,13H2,1-2H3,(H,14,15,16). The first-order valence-corrected chi connectivity index (χ1v) is 5.65. The molecule has 0 saturated carbocycles. The molecule has 0 radical (unpaired) electrons. The Balaban J connectivity index is 2.26. The molecule has 0 aliphatic heterocycles. The number of imidazole rings is 1. The molecule has 3 aromatic rings. The molecule has 0 amide bonds. The first-order chi connectivity index (χ1) is 9.26. The number of rotatable bonds is 3. The highest BCUT2D eigenvalue weighted by molar-refractivity contribution is 5.80. The summed E-state index contributed by atoms with van der Waals surface area (Å²) >= 11 is 0. The molecule has 0 spiro atoms. The third-order valence-electron chi connectivity index (χ3n) is 2.92. The van der Waals surface area contributed by atoms with Crippen molar-refractivity contribution in [1.82, 2.24) is 19.6 Å². The minimum atomic E-state index is 0.471. The Bertz CT molecular complexity index is 731. The van der Waals surface area contributed by atoms with E-state index in [0.717, 1.165) is 5.56 Å². The normalized spacial score (nSPS) is 10.8. The monoisotopic (exact) mass is 259 g/mol. The summed E-state index contributed by atoms with van der Waals surface area (Å²) in [6, 6.07) is 5.55. The van der Waals surface area contributed by atoms with Gasteiger partial charge in [-0.1, -0.05) is 6.07 Å². The number of aromatic amines is 1. The summed E-state index contributed by atoms with van der Waals surface area (Å²) < 4.78 is 12.3. The lowest BCUT2D eigenvalue weighted by molar-refractivity contribution is 0.356. The van der Waals surface area contributed by atoms with Crippen LogP contribution in [0.4, 0.5) is 5.82 Å². The predicted octanol–water partition coefficient (Wildman–Crippen LogP) is 1.32. The third-order valence-corrected chi connectivity index (χ3v) is 2.92. The molecule has 0 bridgehead atoms. The number of nitrogens with one attached hydrogen (secondary N) is 1. The van der Waals surface area contributed by atoms with Gasteiger partial charge in [0.1, 0.15) is 12.0 Å². The van der Waals surface area contributed by atoms with E-state index in [9.17, 15) is 0 Å². The largest absolute Gasteiger partial charge is 0.493 e. The molecule has 98 valence electrons. The predicted molar refractivity (Wildman–Crippen MR) is 70.3 cm³/mol. The number of benzene rings is 1. The average Bonchev–Trinajstić information content (AvgIpc) is 3.01. The highest BCUT2D eigenvalue weighted by atomic mass is 16.5. The Morgan fingerprint density at radius 2 is 2.11 bits per heavy atom. The zero-order valence-electron chi connectivity index (χ0n) is 10.5. The van der Waals surface area contributed by atoms with Crippen LogP contribution in [0.25, 0.3) is 17.0 Å². The Morgan fingerprint density at radius 1 is 1.26 bits per heavy atom. The molecule has 2 heterocycles. The molecule has 0 aliphatic rings. The quantitative estimate of drug-likeness (QED) is 0.740. The van der Waals surface area contributed by atoms with Gasteiger partial charge in [-0.15, -0.1) is 0 Å². The first kappa shape index (κ1) is 11.4. The Morgan fingerprint density at radius 3 is 2.79 bits per heavy atom. The fourth-order valence-electron chi connectivity index (χ4n) is 2.05. The zero-order chi connectivity index (χ0) is 13.4. The fraction of sp³-hybridized carbons (Fsp3) is 0.167. The van der Waals surface area contributed by atoms with Gasteiger partial charge in [0, 0.05) is 0 Å². The number of hydrogen-bond donors (Lipinski definition) is 2. The molecule has 0 saturated heterocycles. The van der Waals surface area contributed by atoms with Crippen LogP contribution >= 0.6 is 0 Å². The topological polar surface area (TPSA) is 90.5 Å². The Kier molecular flexibility index (Phi) is 2.52. The van der Waals surface area contributed by atoms with Gasteiger partial charge in [0.15, 0.2) is 17.3 Å². The maximum Gasteiger partial charge on any atom is 0.252 e. The lowest BCUT2D eigenvalue weighted by Gasteiger charge is -2.11. The zero-order valence-corrected chi connectivity index (χ0v) is 10.5. The molecule has 0 aliphatic carbocycles. The molecule has 7 heteroatoms. The molecule has 3 N–H and O–H groups in total. The van der Waals surface area contributed by atoms with Crippen molar-refractivity contribution in [2.75, 3.05) is 20.0 Å². The van der Waals surface area contributed by atoms with Gasteiger partial charge in [0.25, 0.3) is 5.78 Å². The second-order valence-corrected chi connectivity index (χ2v) is 3.91. The molecule has 3 rings (SSSR count). The van der Waals surface area contributed by atoms with Crippen molar-refractivity contribution in [3.8, 4) is 22.8 Å². The van der Waals surface area contributed by atoms with E-state index in [1.54, 1.807) is 18.7 Å².